The number of rotatable bonds is 7. The van der Waals surface area contributed by atoms with Crippen LogP contribution in [0.25, 0.3) is 10.9 Å². The van der Waals surface area contributed by atoms with Crippen molar-refractivity contribution < 1.29 is 9.57 Å². The van der Waals surface area contributed by atoms with Crippen LogP contribution in [-0.4, -0.2) is 79.7 Å². The third-order valence-corrected chi connectivity index (χ3v) is 9.93. The van der Waals surface area contributed by atoms with Gasteiger partial charge in [-0.25, -0.2) is 0 Å². The van der Waals surface area contributed by atoms with Crippen LogP contribution in [0.5, 0.6) is 5.75 Å². The van der Waals surface area contributed by atoms with E-state index < -0.39 is 0 Å². The number of halogens is 3. The fourth-order valence-corrected chi connectivity index (χ4v) is 7.94. The van der Waals surface area contributed by atoms with Crippen molar-refractivity contribution in [1.29, 1.82) is 0 Å². The number of anilines is 1. The summed E-state index contributed by atoms with van der Waals surface area (Å²) in [7, 11) is 1.75. The van der Waals surface area contributed by atoms with Gasteiger partial charge < -0.3 is 14.5 Å². The molecule has 2 fully saturated rings. The Morgan fingerprint density at radius 2 is 1.69 bits per heavy atom. The van der Waals surface area contributed by atoms with Crippen molar-refractivity contribution >= 4 is 59.6 Å². The van der Waals surface area contributed by atoms with Crippen molar-refractivity contribution in [3.8, 4) is 5.75 Å². The van der Waals surface area contributed by atoms with E-state index in [1.165, 1.54) is 54.6 Å². The quantitative estimate of drug-likeness (QED) is 0.222. The lowest BCUT2D eigenvalue weighted by Gasteiger charge is -2.55. The van der Waals surface area contributed by atoms with E-state index in [1.54, 1.807) is 12.7 Å². The zero-order valence-corrected chi connectivity index (χ0v) is 27.1. The summed E-state index contributed by atoms with van der Waals surface area (Å²) in [6, 6.07) is 17.8. The topological polar surface area (TPSA) is 45.5 Å². The molecule has 4 aliphatic heterocycles. The molecule has 7 rings (SSSR count). The molecule has 3 aromatic rings. The highest BCUT2D eigenvalue weighted by atomic mass is 35.5. The van der Waals surface area contributed by atoms with Gasteiger partial charge in [0.2, 0.25) is 0 Å². The molecule has 0 bridgehead atoms. The van der Waals surface area contributed by atoms with Crippen LogP contribution < -0.4 is 9.64 Å². The normalized spacial score (nSPS) is 24.3. The summed E-state index contributed by atoms with van der Waals surface area (Å²) in [5.74, 6) is 2.06. The molecule has 1 aromatic heterocycles. The van der Waals surface area contributed by atoms with E-state index in [9.17, 15) is 0 Å². The maximum absolute atomic E-state index is 6.13. The van der Waals surface area contributed by atoms with Gasteiger partial charge in [-0.3, -0.25) is 14.4 Å². The average molecular weight is 637 g/mol. The second-order valence-corrected chi connectivity index (χ2v) is 11.7. The molecular formula is C32H44Cl3N5O2. The molecule has 0 N–H and O–H groups in total. The van der Waals surface area contributed by atoms with E-state index in [2.05, 4.69) is 62.6 Å². The summed E-state index contributed by atoms with van der Waals surface area (Å²) < 4.78 is 8.06. The van der Waals surface area contributed by atoms with Crippen LogP contribution in [0.3, 0.4) is 0 Å². The van der Waals surface area contributed by atoms with Crippen LogP contribution >= 0.6 is 37.2 Å². The first kappa shape index (κ1) is 32.7. The van der Waals surface area contributed by atoms with Gasteiger partial charge in [-0.1, -0.05) is 42.4 Å². The second kappa shape index (κ2) is 13.6. The lowest BCUT2D eigenvalue weighted by atomic mass is 9.64. The molecule has 0 aliphatic carbocycles. The Morgan fingerprint density at radius 3 is 2.48 bits per heavy atom. The summed E-state index contributed by atoms with van der Waals surface area (Å²) >= 11 is 0. The maximum Gasteiger partial charge on any atom is 0.153 e. The molecular weight excluding hydrogens is 593 g/mol. The third kappa shape index (κ3) is 5.48. The van der Waals surface area contributed by atoms with Crippen LogP contribution in [0.1, 0.15) is 49.9 Å². The second-order valence-electron chi connectivity index (χ2n) is 11.7. The summed E-state index contributed by atoms with van der Waals surface area (Å²) in [6.07, 6.45) is 5.88. The van der Waals surface area contributed by atoms with Crippen LogP contribution in [0.4, 0.5) is 5.69 Å². The summed E-state index contributed by atoms with van der Waals surface area (Å²) in [5.41, 5.74) is 5.80. The van der Waals surface area contributed by atoms with Gasteiger partial charge in [0, 0.05) is 56.8 Å². The predicted molar refractivity (Wildman–Crippen MR) is 179 cm³/mol. The molecule has 42 heavy (non-hydrogen) atoms. The smallest absolute Gasteiger partial charge is 0.153 e. The van der Waals surface area contributed by atoms with Crippen molar-refractivity contribution in [3.63, 3.8) is 0 Å². The monoisotopic (exact) mass is 635 g/mol. The van der Waals surface area contributed by atoms with Gasteiger partial charge in [0.05, 0.1) is 24.4 Å². The van der Waals surface area contributed by atoms with E-state index in [-0.39, 0.29) is 42.6 Å². The van der Waals surface area contributed by atoms with Gasteiger partial charge in [-0.15, -0.1) is 37.2 Å². The first-order valence-electron chi connectivity index (χ1n) is 14.9. The Labute approximate surface area is 268 Å². The van der Waals surface area contributed by atoms with Crippen molar-refractivity contribution in [2.75, 3.05) is 64.4 Å². The van der Waals surface area contributed by atoms with Crippen molar-refractivity contribution in [2.45, 2.75) is 45.1 Å². The predicted octanol–water partition coefficient (Wildman–Crippen LogP) is 6.41. The van der Waals surface area contributed by atoms with E-state index in [1.807, 2.05) is 12.1 Å². The molecule has 2 atom stereocenters. The van der Waals surface area contributed by atoms with Crippen LogP contribution in [0.2, 0.25) is 0 Å². The fourth-order valence-electron chi connectivity index (χ4n) is 7.94. The Hall–Kier alpha value is -2.16. The Kier molecular flexibility index (Phi) is 10.6. The molecule has 4 aliphatic rings. The van der Waals surface area contributed by atoms with Crippen molar-refractivity contribution in [2.24, 2.45) is 10.6 Å². The molecule has 0 unspecified atom stereocenters. The summed E-state index contributed by atoms with van der Waals surface area (Å²) in [4.78, 5) is 13.8. The number of methoxy groups -OCH3 is 1. The number of oxime groups is 1. The largest absolute Gasteiger partial charge is 0.495 e. The van der Waals surface area contributed by atoms with Crippen molar-refractivity contribution in [3.05, 3.63) is 59.8 Å². The maximum atomic E-state index is 6.13. The number of benzene rings is 2. The number of hydrogen-bond donors (Lipinski definition) is 0. The molecule has 2 aromatic carbocycles. The highest BCUT2D eigenvalue weighted by Crippen LogP contribution is 2.57. The lowest BCUT2D eigenvalue weighted by molar-refractivity contribution is -0.00499. The zero-order chi connectivity index (χ0) is 26.4. The number of piperidine rings is 1. The average Bonchev–Trinajstić information content (AvgIpc) is 3.34. The molecule has 0 radical (unpaired) electrons. The first-order valence-corrected chi connectivity index (χ1v) is 14.9. The molecule has 0 saturated carbocycles. The Bertz CT molecular complexity index is 1390. The van der Waals surface area contributed by atoms with Gasteiger partial charge in [-0.05, 0) is 61.4 Å². The number of para-hydroxylation sites is 3. The first-order chi connectivity index (χ1) is 19.2. The number of hydrogen-bond acceptors (Lipinski definition) is 6. The molecule has 10 heteroatoms. The molecule has 5 heterocycles. The number of piperazine rings is 1. The van der Waals surface area contributed by atoms with E-state index in [0.29, 0.717) is 12.6 Å². The van der Waals surface area contributed by atoms with Crippen LogP contribution in [0.15, 0.2) is 53.7 Å². The number of nitrogens with zero attached hydrogens (tertiary/aromatic N) is 5. The third-order valence-electron chi connectivity index (χ3n) is 9.93. The Balaban J connectivity index is 0.00000135. The molecule has 7 nitrogen and oxygen atoms in total. The molecule has 0 spiro atoms. The minimum Gasteiger partial charge on any atom is -0.495 e. The molecule has 0 amide bonds. The van der Waals surface area contributed by atoms with E-state index in [0.717, 1.165) is 57.2 Å². The lowest BCUT2D eigenvalue weighted by Crippen LogP contribution is -2.53. The number of ether oxygens (including phenoxy) is 1. The van der Waals surface area contributed by atoms with Crippen LogP contribution in [0, 0.1) is 5.41 Å². The van der Waals surface area contributed by atoms with Gasteiger partial charge >= 0.3 is 0 Å². The standard InChI is InChI=1S/C32H41N5O2.3ClH/c1-3-32-14-8-15-36-16-13-25-24-9-4-5-10-26(24)37(30(25)31(32)36)29(23-32)33-39-22-21-34-17-19-35(20-18-34)27-11-6-7-12-28(27)38-2;;;/h4-7,9-12,31H,3,8,13-23H2,1-2H3;3*1H/b33-29-;;;/t31-,32+;;;/m1.../s1. The van der Waals surface area contributed by atoms with Crippen molar-refractivity contribution in [1.82, 2.24) is 14.4 Å². The van der Waals surface area contributed by atoms with Gasteiger partial charge in [-0.2, -0.15) is 0 Å². The van der Waals surface area contributed by atoms with E-state index in [4.69, 9.17) is 14.7 Å². The fraction of sp³-hybridized carbons (Fsp3) is 0.531. The molecule has 2 saturated heterocycles. The van der Waals surface area contributed by atoms with Gasteiger partial charge in [0.15, 0.2) is 5.84 Å². The number of aromatic nitrogens is 1. The zero-order valence-electron chi connectivity index (χ0n) is 24.7. The van der Waals surface area contributed by atoms with Crippen LogP contribution in [-0.2, 0) is 11.3 Å². The highest BCUT2D eigenvalue weighted by Gasteiger charge is 2.52. The molecule has 230 valence electrons. The number of fused-ring (bicyclic) bond motifs is 3. The summed E-state index contributed by atoms with van der Waals surface area (Å²) in [5, 5.41) is 6.31. The summed E-state index contributed by atoms with van der Waals surface area (Å²) in [6.45, 7) is 10.3. The SMILES string of the molecule is CC[C@]12CCCN3CCc4c(n(c5ccccc45)/C(=N\OCCN4CCN(c5ccccc5OC)CC4)C1)[C@@H]32.Cl.Cl.Cl. The minimum absolute atomic E-state index is 0. The minimum atomic E-state index is 0. The van der Waals surface area contributed by atoms with E-state index >= 15 is 0 Å². The highest BCUT2D eigenvalue weighted by molar-refractivity contribution is 6.00. The van der Waals surface area contributed by atoms with Gasteiger partial charge in [0.1, 0.15) is 12.4 Å². The van der Waals surface area contributed by atoms with Gasteiger partial charge in [0.25, 0.3) is 0 Å². The Morgan fingerprint density at radius 1 is 0.929 bits per heavy atom.